The van der Waals surface area contributed by atoms with E-state index in [4.69, 9.17) is 0 Å². The van der Waals surface area contributed by atoms with Crippen molar-refractivity contribution in [2.45, 2.75) is 0 Å². The van der Waals surface area contributed by atoms with E-state index >= 15 is 0 Å². The smallest absolute Gasteiger partial charge is 0 e. The van der Waals surface area contributed by atoms with Crippen LogP contribution >= 0.6 is 0 Å². The van der Waals surface area contributed by atoms with Gasteiger partial charge in [0.25, 0.3) is 0 Å². The van der Waals surface area contributed by atoms with Crippen molar-refractivity contribution in [1.82, 2.24) is 0 Å². The molecule has 0 fully saturated rings. The van der Waals surface area contributed by atoms with Crippen LogP contribution in [0.25, 0.3) is 0 Å². The summed E-state index contributed by atoms with van der Waals surface area (Å²) in [6.07, 6.45) is 0. The van der Waals surface area contributed by atoms with E-state index in [0.29, 0.717) is 0 Å². The van der Waals surface area contributed by atoms with Crippen molar-refractivity contribution < 1.29 is 119 Å². The molecule has 0 saturated carbocycles. The predicted octanol–water partition coefficient (Wildman–Crippen LogP) is -1.54. The molecule has 0 unspecified atom stereocenters. The summed E-state index contributed by atoms with van der Waals surface area (Å²) in [5.41, 5.74) is 0. The monoisotopic (exact) mass is 900 g/mol. The first-order valence-electron chi connectivity index (χ1n) is 0. The van der Waals surface area contributed by atoms with E-state index < -0.39 is 0 Å². The van der Waals surface area contributed by atoms with E-state index in [2.05, 4.69) is 0 Å². The van der Waals surface area contributed by atoms with Crippen LogP contribution in [0.15, 0.2) is 0 Å². The number of rotatable bonds is 0. The molecule has 0 aliphatic carbocycles. The molecule has 11 heavy (non-hydrogen) atoms. The summed E-state index contributed by atoms with van der Waals surface area (Å²) in [7, 11) is 0. The van der Waals surface area contributed by atoms with Gasteiger partial charge in [0.15, 0.2) is 0 Å². The van der Waals surface area contributed by atoms with Crippen LogP contribution in [0.5, 0.6) is 0 Å². The Bertz CT molecular complexity index is 10.4. The van der Waals surface area contributed by atoms with Crippen LogP contribution in [0, 0.1) is 0 Å². The average molecular weight is 904 g/mol. The molecule has 0 aliphatic heterocycles. The van der Waals surface area contributed by atoms with Gasteiger partial charge in [-0.25, -0.2) is 0 Å². The molecule has 11 heteroatoms. The third-order valence-corrected chi connectivity index (χ3v) is 0. The van der Waals surface area contributed by atoms with Crippen LogP contribution in [-0.2, 0) is 119 Å². The predicted molar refractivity (Wildman–Crippen MR) is 23.0 cm³/mol. The standard InChI is InChI=1S/7Cu.4In. The molecule has 0 rings (SSSR count). The Balaban J connectivity index is 0. The van der Waals surface area contributed by atoms with E-state index in [1.54, 1.807) is 0 Å². The van der Waals surface area contributed by atoms with Gasteiger partial charge in [0, 0.05) is 223 Å². The van der Waals surface area contributed by atoms with E-state index in [1.807, 2.05) is 0 Å². The number of hydrogen-bond donors (Lipinski definition) is 0. The average Bonchev–Trinajstić information content (AvgIpc) is 0. The van der Waals surface area contributed by atoms with Gasteiger partial charge in [0.1, 0.15) is 0 Å². The summed E-state index contributed by atoms with van der Waals surface area (Å²) in [6, 6.07) is 0. The van der Waals surface area contributed by atoms with Gasteiger partial charge in [-0.1, -0.05) is 0 Å². The van der Waals surface area contributed by atoms with Crippen molar-refractivity contribution in [2.24, 2.45) is 0 Å². The quantitative estimate of drug-likeness (QED) is 0.259. The molecule has 0 saturated heterocycles. The Morgan fingerprint density at radius 2 is 0.182 bits per heavy atom. The minimum atomic E-state index is 0. The molecule has 0 amide bonds. The van der Waals surface area contributed by atoms with E-state index in [-0.39, 0.29) is 223 Å². The molecule has 0 N–H and O–H groups in total. The van der Waals surface area contributed by atoms with Crippen molar-refractivity contribution in [3.05, 3.63) is 0 Å². The van der Waals surface area contributed by atoms with Gasteiger partial charge in [-0.15, -0.1) is 0 Å². The van der Waals surface area contributed by atoms with Crippen molar-refractivity contribution in [1.29, 1.82) is 0 Å². The topological polar surface area (TPSA) is 0 Å². The summed E-state index contributed by atoms with van der Waals surface area (Å²) in [5, 5.41) is 0. The fourth-order valence-corrected chi connectivity index (χ4v) is 0. The third kappa shape index (κ3) is 77.2. The molecule has 0 aromatic rings. The van der Waals surface area contributed by atoms with Crippen LogP contribution < -0.4 is 0 Å². The molecule has 0 heterocycles. The van der Waals surface area contributed by atoms with Crippen molar-refractivity contribution >= 4 is 103 Å². The van der Waals surface area contributed by atoms with Crippen LogP contribution in [-0.4, -0.2) is 103 Å². The van der Waals surface area contributed by atoms with Gasteiger partial charge < -0.3 is 0 Å². The van der Waals surface area contributed by atoms with Crippen LogP contribution in [0.4, 0.5) is 0 Å². The molecular formula is Cu7In4. The van der Waals surface area contributed by atoms with Gasteiger partial charge in [0.2, 0.25) is 0 Å². The molecule has 0 aliphatic rings. The van der Waals surface area contributed by atoms with Gasteiger partial charge in [-0.2, -0.15) is 0 Å². The maximum atomic E-state index is 0. The zero-order valence-electron chi connectivity index (χ0n) is 4.42. The summed E-state index contributed by atoms with van der Waals surface area (Å²) in [5.74, 6) is 0. The molecule has 0 spiro atoms. The van der Waals surface area contributed by atoms with Crippen molar-refractivity contribution in [2.75, 3.05) is 0 Å². The Morgan fingerprint density at radius 3 is 0.182 bits per heavy atom. The SMILES string of the molecule is [Cu].[Cu].[Cu].[Cu].[Cu].[Cu].[Cu].[In].[In].[In].[In]. The Kier molecular flexibility index (Phi) is 836. The molecule has 0 bridgehead atoms. The molecule has 0 nitrogen and oxygen atoms in total. The summed E-state index contributed by atoms with van der Waals surface area (Å²) < 4.78 is 0. The fraction of sp³-hybridized carbons (Fsp3) is 0. The van der Waals surface area contributed by atoms with Crippen LogP contribution in [0.2, 0.25) is 0 Å². The molecular weight excluding hydrogens is 904 g/mol. The molecule has 0 atom stereocenters. The first-order chi connectivity index (χ1) is 0. The Hall–Kier alpha value is 7.12. The third-order valence-electron chi connectivity index (χ3n) is 0. The summed E-state index contributed by atoms with van der Waals surface area (Å²) in [4.78, 5) is 0. The first kappa shape index (κ1) is 105. The maximum Gasteiger partial charge on any atom is 0 e. The minimum absolute atomic E-state index is 0. The van der Waals surface area contributed by atoms with E-state index in [0.717, 1.165) is 0 Å². The second kappa shape index (κ2) is 87.8. The van der Waals surface area contributed by atoms with E-state index in [9.17, 15) is 0 Å². The van der Waals surface area contributed by atoms with Gasteiger partial charge in [0.05, 0.1) is 0 Å². The molecule has 19 radical (unpaired) electrons. The normalized spacial score (nSPS) is 0. The summed E-state index contributed by atoms with van der Waals surface area (Å²) in [6.45, 7) is 0. The number of hydrogen-bond acceptors (Lipinski definition) is 0. The first-order valence-corrected chi connectivity index (χ1v) is 0. The fourth-order valence-electron chi connectivity index (χ4n) is 0. The zero-order valence-corrected chi connectivity index (χ0v) is 24.2. The van der Waals surface area contributed by atoms with Crippen molar-refractivity contribution in [3.63, 3.8) is 0 Å². The zero-order chi connectivity index (χ0) is 0. The Labute approximate surface area is 217 Å². The minimum Gasteiger partial charge on any atom is 0 e. The van der Waals surface area contributed by atoms with Crippen LogP contribution in [0.1, 0.15) is 0 Å². The van der Waals surface area contributed by atoms with E-state index in [1.165, 1.54) is 0 Å². The Morgan fingerprint density at radius 1 is 0.182 bits per heavy atom. The van der Waals surface area contributed by atoms with Crippen LogP contribution in [0.3, 0.4) is 0 Å². The molecule has 0 aromatic heterocycles. The second-order valence-corrected chi connectivity index (χ2v) is 0. The summed E-state index contributed by atoms with van der Waals surface area (Å²) >= 11 is 0. The van der Waals surface area contributed by atoms with Gasteiger partial charge in [-0.3, -0.25) is 0 Å². The van der Waals surface area contributed by atoms with Gasteiger partial charge >= 0.3 is 0 Å². The van der Waals surface area contributed by atoms with Gasteiger partial charge in [-0.05, 0) is 0 Å². The molecule has 89 valence electrons. The second-order valence-electron chi connectivity index (χ2n) is 0. The molecule has 0 aromatic carbocycles. The maximum absolute atomic E-state index is 0. The van der Waals surface area contributed by atoms with Crippen molar-refractivity contribution in [3.8, 4) is 0 Å². The largest absolute Gasteiger partial charge is 0 e.